The second-order valence-electron chi connectivity index (χ2n) is 5.58. The Kier molecular flexibility index (Phi) is 3.88. The van der Waals surface area contributed by atoms with E-state index in [0.29, 0.717) is 11.3 Å². The highest BCUT2D eigenvalue weighted by atomic mass is 19.1. The molecule has 0 spiro atoms. The number of rotatable bonds is 4. The van der Waals surface area contributed by atoms with Gasteiger partial charge in [-0.15, -0.1) is 0 Å². The first-order valence-corrected chi connectivity index (χ1v) is 7.21. The Hall–Kier alpha value is -2.66. The lowest BCUT2D eigenvalue weighted by molar-refractivity contribution is 0.0344. The van der Waals surface area contributed by atoms with E-state index < -0.39 is 17.3 Å². The Labute approximate surface area is 132 Å². The second kappa shape index (κ2) is 5.85. The van der Waals surface area contributed by atoms with Crippen molar-refractivity contribution in [1.29, 1.82) is 0 Å². The largest absolute Gasteiger partial charge is 0.458 e. The molecular formula is C18H16FNO3. The predicted octanol–water partition coefficient (Wildman–Crippen LogP) is 3.21. The maximum atomic E-state index is 13.6. The van der Waals surface area contributed by atoms with Crippen molar-refractivity contribution >= 4 is 16.9 Å². The zero-order valence-corrected chi connectivity index (χ0v) is 12.5. The van der Waals surface area contributed by atoms with Crippen LogP contribution in [0.15, 0.2) is 59.0 Å². The predicted molar refractivity (Wildman–Crippen MR) is 84.5 cm³/mol. The summed E-state index contributed by atoms with van der Waals surface area (Å²) in [6.07, 6.45) is 0. The number of nitrogens with one attached hydrogen (secondary N) is 1. The van der Waals surface area contributed by atoms with Gasteiger partial charge >= 0.3 is 0 Å². The minimum atomic E-state index is -1.40. The fourth-order valence-electron chi connectivity index (χ4n) is 2.33. The Morgan fingerprint density at radius 3 is 2.65 bits per heavy atom. The molecule has 0 saturated heterocycles. The van der Waals surface area contributed by atoms with Crippen molar-refractivity contribution in [3.8, 4) is 0 Å². The molecule has 23 heavy (non-hydrogen) atoms. The van der Waals surface area contributed by atoms with Gasteiger partial charge in [-0.1, -0.05) is 30.3 Å². The normalized spacial score (nSPS) is 13.7. The number of para-hydroxylation sites is 1. The van der Waals surface area contributed by atoms with Crippen molar-refractivity contribution < 1.29 is 18.7 Å². The smallest absolute Gasteiger partial charge is 0.254 e. The monoisotopic (exact) mass is 313 g/mol. The van der Waals surface area contributed by atoms with Crippen LogP contribution in [0.2, 0.25) is 0 Å². The molecule has 118 valence electrons. The number of benzene rings is 2. The number of hydrogen-bond acceptors (Lipinski definition) is 3. The fourth-order valence-corrected chi connectivity index (χ4v) is 2.33. The fraction of sp³-hybridized carbons (Fsp3) is 0.167. The van der Waals surface area contributed by atoms with E-state index >= 15 is 0 Å². The Balaban J connectivity index is 1.76. The highest BCUT2D eigenvalue weighted by Gasteiger charge is 2.28. The molecule has 0 aliphatic rings. The molecule has 0 radical (unpaired) electrons. The minimum Gasteiger partial charge on any atom is -0.458 e. The van der Waals surface area contributed by atoms with Gasteiger partial charge in [0.05, 0.1) is 12.1 Å². The SMILES string of the molecule is CC(O)(CNC(=O)c1ccccc1F)c1cc2ccccc2o1. The summed E-state index contributed by atoms with van der Waals surface area (Å²) in [5.41, 5.74) is -0.809. The van der Waals surface area contributed by atoms with E-state index in [2.05, 4.69) is 5.32 Å². The van der Waals surface area contributed by atoms with Crippen LogP contribution in [0.4, 0.5) is 4.39 Å². The first-order valence-electron chi connectivity index (χ1n) is 7.21. The maximum absolute atomic E-state index is 13.6. The van der Waals surface area contributed by atoms with E-state index in [4.69, 9.17) is 4.42 Å². The molecule has 4 nitrogen and oxygen atoms in total. The average molecular weight is 313 g/mol. The van der Waals surface area contributed by atoms with Crippen LogP contribution in [0.5, 0.6) is 0 Å². The average Bonchev–Trinajstić information content (AvgIpc) is 2.98. The number of hydrogen-bond donors (Lipinski definition) is 2. The zero-order chi connectivity index (χ0) is 16.4. The number of carbonyl (C=O) groups is 1. The molecule has 3 aromatic rings. The standard InChI is InChI=1S/C18H16FNO3/c1-18(22,16-10-12-6-2-5-9-15(12)23-16)11-20-17(21)13-7-3-4-8-14(13)19/h2-10,22H,11H2,1H3,(H,20,21). The third-order valence-electron chi connectivity index (χ3n) is 3.67. The van der Waals surface area contributed by atoms with Gasteiger partial charge in [0, 0.05) is 5.39 Å². The van der Waals surface area contributed by atoms with Crippen LogP contribution in [-0.4, -0.2) is 17.6 Å². The van der Waals surface area contributed by atoms with Gasteiger partial charge in [-0.25, -0.2) is 4.39 Å². The lowest BCUT2D eigenvalue weighted by Crippen LogP contribution is -2.38. The molecule has 1 aromatic heterocycles. The molecular weight excluding hydrogens is 297 g/mol. The van der Waals surface area contributed by atoms with Gasteiger partial charge in [0.2, 0.25) is 0 Å². The van der Waals surface area contributed by atoms with Crippen LogP contribution in [0, 0.1) is 5.82 Å². The zero-order valence-electron chi connectivity index (χ0n) is 12.5. The van der Waals surface area contributed by atoms with Gasteiger partial charge in [-0.05, 0) is 31.2 Å². The summed E-state index contributed by atoms with van der Waals surface area (Å²) in [5, 5.41) is 13.9. The molecule has 1 amide bonds. The molecule has 1 unspecified atom stereocenters. The van der Waals surface area contributed by atoms with Crippen molar-refractivity contribution in [2.45, 2.75) is 12.5 Å². The molecule has 0 saturated carbocycles. The van der Waals surface area contributed by atoms with Crippen molar-refractivity contribution in [1.82, 2.24) is 5.32 Å². The summed E-state index contributed by atoms with van der Waals surface area (Å²) in [6.45, 7) is 1.44. The molecule has 0 aliphatic heterocycles. The van der Waals surface area contributed by atoms with Gasteiger partial charge in [-0.3, -0.25) is 4.79 Å². The molecule has 5 heteroatoms. The van der Waals surface area contributed by atoms with Crippen LogP contribution in [0.3, 0.4) is 0 Å². The molecule has 2 N–H and O–H groups in total. The molecule has 3 rings (SSSR count). The quantitative estimate of drug-likeness (QED) is 0.777. The van der Waals surface area contributed by atoms with E-state index in [0.717, 1.165) is 5.39 Å². The topological polar surface area (TPSA) is 62.5 Å². The van der Waals surface area contributed by atoms with Gasteiger partial charge in [0.15, 0.2) is 0 Å². The summed E-state index contributed by atoms with van der Waals surface area (Å²) in [4.78, 5) is 12.0. The number of furan rings is 1. The Morgan fingerprint density at radius 2 is 1.91 bits per heavy atom. The summed E-state index contributed by atoms with van der Waals surface area (Å²) in [5.74, 6) is -0.847. The molecule has 1 atom stereocenters. The third kappa shape index (κ3) is 3.10. The third-order valence-corrected chi connectivity index (χ3v) is 3.67. The van der Waals surface area contributed by atoms with E-state index in [1.807, 2.05) is 18.2 Å². The molecule has 2 aromatic carbocycles. The van der Waals surface area contributed by atoms with Crippen molar-refractivity contribution in [3.05, 3.63) is 71.7 Å². The summed E-state index contributed by atoms with van der Waals surface area (Å²) < 4.78 is 19.2. The van der Waals surface area contributed by atoms with Crippen LogP contribution in [0.25, 0.3) is 11.0 Å². The molecule has 0 bridgehead atoms. The van der Waals surface area contributed by atoms with Gasteiger partial charge in [0.1, 0.15) is 22.8 Å². The van der Waals surface area contributed by atoms with Crippen LogP contribution in [-0.2, 0) is 5.60 Å². The van der Waals surface area contributed by atoms with Crippen molar-refractivity contribution in [2.75, 3.05) is 6.54 Å². The lowest BCUT2D eigenvalue weighted by Gasteiger charge is -2.21. The second-order valence-corrected chi connectivity index (χ2v) is 5.58. The first kappa shape index (κ1) is 15.2. The van der Waals surface area contributed by atoms with Gasteiger partial charge in [0.25, 0.3) is 5.91 Å². The highest BCUT2D eigenvalue weighted by Crippen LogP contribution is 2.27. The van der Waals surface area contributed by atoms with E-state index in [-0.39, 0.29) is 12.1 Å². The van der Waals surface area contributed by atoms with E-state index in [1.54, 1.807) is 18.2 Å². The first-order chi connectivity index (χ1) is 11.0. The number of amides is 1. The number of fused-ring (bicyclic) bond motifs is 1. The molecule has 1 heterocycles. The highest BCUT2D eigenvalue weighted by molar-refractivity contribution is 5.94. The molecule has 0 fully saturated rings. The van der Waals surface area contributed by atoms with E-state index in [1.165, 1.54) is 25.1 Å². The lowest BCUT2D eigenvalue weighted by atomic mass is 10.0. The van der Waals surface area contributed by atoms with Crippen molar-refractivity contribution in [3.63, 3.8) is 0 Å². The van der Waals surface area contributed by atoms with Crippen LogP contribution in [0.1, 0.15) is 23.0 Å². The summed E-state index contributed by atoms with van der Waals surface area (Å²) in [7, 11) is 0. The van der Waals surface area contributed by atoms with Crippen LogP contribution >= 0.6 is 0 Å². The minimum absolute atomic E-state index is 0.0621. The summed E-state index contributed by atoms with van der Waals surface area (Å²) in [6, 6.07) is 14.8. The number of carbonyl (C=O) groups excluding carboxylic acids is 1. The van der Waals surface area contributed by atoms with Gasteiger partial charge < -0.3 is 14.8 Å². The Morgan fingerprint density at radius 1 is 1.22 bits per heavy atom. The van der Waals surface area contributed by atoms with Crippen molar-refractivity contribution in [2.24, 2.45) is 0 Å². The summed E-state index contributed by atoms with van der Waals surface area (Å²) >= 11 is 0. The van der Waals surface area contributed by atoms with Gasteiger partial charge in [-0.2, -0.15) is 0 Å². The number of aliphatic hydroxyl groups is 1. The Bertz CT molecular complexity index is 821. The van der Waals surface area contributed by atoms with E-state index in [9.17, 15) is 14.3 Å². The maximum Gasteiger partial charge on any atom is 0.254 e. The number of halogens is 1. The van der Waals surface area contributed by atoms with Crippen LogP contribution < -0.4 is 5.32 Å². The molecule has 0 aliphatic carbocycles.